The fraction of sp³-hybridized carbons (Fsp3) is 0.188. The molecule has 0 aliphatic carbocycles. The summed E-state index contributed by atoms with van der Waals surface area (Å²) < 4.78 is 0. The van der Waals surface area contributed by atoms with Crippen molar-refractivity contribution in [1.82, 2.24) is 0 Å². The number of anilines is 1. The van der Waals surface area contributed by atoms with Crippen molar-refractivity contribution in [3.05, 3.63) is 63.2 Å². The maximum absolute atomic E-state index is 12.0. The molecule has 23 heavy (non-hydrogen) atoms. The summed E-state index contributed by atoms with van der Waals surface area (Å²) in [4.78, 5) is 23.4. The molecule has 0 bridgehead atoms. The number of hydrogen-bond donors (Lipinski definition) is 1. The molecule has 0 aromatic heterocycles. The molecule has 0 aliphatic rings. The van der Waals surface area contributed by atoms with Crippen molar-refractivity contribution in [3.63, 3.8) is 0 Å². The molecule has 0 saturated carbocycles. The molecule has 0 fully saturated rings. The van der Waals surface area contributed by atoms with Crippen molar-refractivity contribution in [2.45, 2.75) is 18.2 Å². The minimum atomic E-state index is -0.457. The molecule has 2 aromatic rings. The molecule has 0 radical (unpaired) electrons. The lowest BCUT2D eigenvalue weighted by atomic mass is 10.1. The SMILES string of the molecule is Cc1c(NC(=O)CCSc2ccc(Cl)cc2)cccc1[N+](=O)[O-]. The van der Waals surface area contributed by atoms with Crippen LogP contribution in [0.15, 0.2) is 47.4 Å². The number of carbonyl (C=O) groups is 1. The van der Waals surface area contributed by atoms with E-state index in [-0.39, 0.29) is 11.6 Å². The van der Waals surface area contributed by atoms with Gasteiger partial charge in [0.1, 0.15) is 0 Å². The molecule has 2 aromatic carbocycles. The van der Waals surface area contributed by atoms with E-state index in [0.717, 1.165) is 4.90 Å². The number of nitrogens with one attached hydrogen (secondary N) is 1. The predicted octanol–water partition coefficient (Wildman–Crippen LogP) is 4.68. The quantitative estimate of drug-likeness (QED) is 0.466. The van der Waals surface area contributed by atoms with E-state index in [0.29, 0.717) is 28.4 Å². The first-order valence-electron chi connectivity index (χ1n) is 6.89. The predicted molar refractivity (Wildman–Crippen MR) is 93.3 cm³/mol. The number of nitrogens with zero attached hydrogens (tertiary/aromatic N) is 1. The standard InChI is InChI=1S/C16H15ClN2O3S/c1-11-14(3-2-4-15(11)19(21)22)18-16(20)9-10-23-13-7-5-12(17)6-8-13/h2-8H,9-10H2,1H3,(H,18,20). The molecule has 0 unspecified atom stereocenters. The van der Waals surface area contributed by atoms with E-state index in [1.54, 1.807) is 43.0 Å². The highest BCUT2D eigenvalue weighted by atomic mass is 35.5. The zero-order valence-electron chi connectivity index (χ0n) is 12.4. The molecule has 2 rings (SSSR count). The van der Waals surface area contributed by atoms with Crippen molar-refractivity contribution in [1.29, 1.82) is 0 Å². The summed E-state index contributed by atoms with van der Waals surface area (Å²) in [7, 11) is 0. The highest BCUT2D eigenvalue weighted by molar-refractivity contribution is 7.99. The van der Waals surface area contributed by atoms with Gasteiger partial charge in [-0.3, -0.25) is 14.9 Å². The van der Waals surface area contributed by atoms with Crippen LogP contribution < -0.4 is 5.32 Å². The molecule has 0 aliphatic heterocycles. The van der Waals surface area contributed by atoms with Crippen molar-refractivity contribution in [3.8, 4) is 0 Å². The number of carbonyl (C=O) groups excluding carboxylic acids is 1. The van der Waals surface area contributed by atoms with E-state index in [9.17, 15) is 14.9 Å². The van der Waals surface area contributed by atoms with Crippen LogP contribution >= 0.6 is 23.4 Å². The zero-order chi connectivity index (χ0) is 16.8. The van der Waals surface area contributed by atoms with Gasteiger partial charge in [-0.1, -0.05) is 17.7 Å². The Kier molecular flexibility index (Phi) is 6.01. The van der Waals surface area contributed by atoms with E-state index in [4.69, 9.17) is 11.6 Å². The molecule has 1 amide bonds. The molecule has 7 heteroatoms. The fourth-order valence-electron chi connectivity index (χ4n) is 1.96. The number of thioether (sulfide) groups is 1. The maximum atomic E-state index is 12.0. The highest BCUT2D eigenvalue weighted by Crippen LogP contribution is 2.25. The third-order valence-corrected chi connectivity index (χ3v) is 4.45. The van der Waals surface area contributed by atoms with E-state index in [1.807, 2.05) is 12.1 Å². The molecule has 1 N–H and O–H groups in total. The molecular formula is C16H15ClN2O3S. The summed E-state index contributed by atoms with van der Waals surface area (Å²) in [5, 5.41) is 14.3. The summed E-state index contributed by atoms with van der Waals surface area (Å²) >= 11 is 7.37. The summed E-state index contributed by atoms with van der Waals surface area (Å²) in [5.74, 6) is 0.441. The van der Waals surface area contributed by atoms with Crippen LogP contribution in [0, 0.1) is 17.0 Å². The van der Waals surface area contributed by atoms with Crippen molar-refractivity contribution >= 4 is 40.6 Å². The van der Waals surface area contributed by atoms with E-state index < -0.39 is 4.92 Å². The smallest absolute Gasteiger partial charge is 0.274 e. The average molecular weight is 351 g/mol. The Hall–Kier alpha value is -2.05. The summed E-state index contributed by atoms with van der Waals surface area (Å²) in [6.07, 6.45) is 0.315. The summed E-state index contributed by atoms with van der Waals surface area (Å²) in [6, 6.07) is 12.0. The van der Waals surface area contributed by atoms with E-state index >= 15 is 0 Å². The number of amides is 1. The van der Waals surface area contributed by atoms with E-state index in [2.05, 4.69) is 5.32 Å². The highest BCUT2D eigenvalue weighted by Gasteiger charge is 2.14. The Morgan fingerprint density at radius 1 is 1.26 bits per heavy atom. The minimum absolute atomic E-state index is 0.00154. The molecule has 0 atom stereocenters. The molecule has 120 valence electrons. The van der Waals surface area contributed by atoms with Gasteiger partial charge in [-0.2, -0.15) is 0 Å². The normalized spacial score (nSPS) is 10.3. The first kappa shape index (κ1) is 17.3. The van der Waals surface area contributed by atoms with Crippen molar-refractivity contribution in [2.75, 3.05) is 11.1 Å². The molecular weight excluding hydrogens is 336 g/mol. The van der Waals surface area contributed by atoms with Crippen molar-refractivity contribution < 1.29 is 9.72 Å². The monoisotopic (exact) mass is 350 g/mol. The number of nitro groups is 1. The second-order valence-electron chi connectivity index (χ2n) is 4.81. The summed E-state index contributed by atoms with van der Waals surface area (Å²) in [6.45, 7) is 1.62. The number of halogens is 1. The topological polar surface area (TPSA) is 72.2 Å². The Morgan fingerprint density at radius 3 is 2.61 bits per heavy atom. The molecule has 0 saturated heterocycles. The van der Waals surface area contributed by atoms with Gasteiger partial charge in [0.25, 0.3) is 5.69 Å². The first-order valence-corrected chi connectivity index (χ1v) is 8.26. The maximum Gasteiger partial charge on any atom is 0.274 e. The van der Waals surface area contributed by atoms with Crippen molar-refractivity contribution in [2.24, 2.45) is 0 Å². The van der Waals surface area contributed by atoms with Gasteiger partial charge in [0, 0.05) is 28.2 Å². The van der Waals surface area contributed by atoms with Gasteiger partial charge in [-0.15, -0.1) is 11.8 Å². The van der Waals surface area contributed by atoms with Gasteiger partial charge in [0.15, 0.2) is 0 Å². The largest absolute Gasteiger partial charge is 0.326 e. The van der Waals surface area contributed by atoms with Crippen LogP contribution in [0.2, 0.25) is 5.02 Å². The number of nitro benzene ring substituents is 1. The van der Waals surface area contributed by atoms with Gasteiger partial charge in [-0.25, -0.2) is 0 Å². The third-order valence-electron chi connectivity index (χ3n) is 3.19. The minimum Gasteiger partial charge on any atom is -0.326 e. The van der Waals surface area contributed by atoms with Crippen LogP contribution in [0.25, 0.3) is 0 Å². The van der Waals surface area contributed by atoms with Crippen LogP contribution in [-0.2, 0) is 4.79 Å². The molecule has 0 heterocycles. The van der Waals surface area contributed by atoms with Crippen LogP contribution in [0.5, 0.6) is 0 Å². The molecule has 0 spiro atoms. The van der Waals surface area contributed by atoms with Crippen LogP contribution in [0.3, 0.4) is 0 Å². The Balaban J connectivity index is 1.89. The first-order chi connectivity index (χ1) is 11.0. The van der Waals surface area contributed by atoms with Gasteiger partial charge in [0.05, 0.1) is 16.2 Å². The van der Waals surface area contributed by atoms with Crippen LogP contribution in [0.1, 0.15) is 12.0 Å². The Labute approximate surface area is 143 Å². The van der Waals surface area contributed by atoms with Gasteiger partial charge >= 0.3 is 0 Å². The second kappa shape index (κ2) is 7.99. The lowest BCUT2D eigenvalue weighted by Gasteiger charge is -2.08. The molecule has 5 nitrogen and oxygen atoms in total. The van der Waals surface area contributed by atoms with Gasteiger partial charge in [0.2, 0.25) is 5.91 Å². The number of rotatable bonds is 6. The van der Waals surface area contributed by atoms with Crippen LogP contribution in [-0.4, -0.2) is 16.6 Å². The summed E-state index contributed by atoms with van der Waals surface area (Å²) in [5.41, 5.74) is 0.926. The van der Waals surface area contributed by atoms with E-state index in [1.165, 1.54) is 6.07 Å². The zero-order valence-corrected chi connectivity index (χ0v) is 14.0. The van der Waals surface area contributed by atoms with Crippen LogP contribution in [0.4, 0.5) is 11.4 Å². The third kappa shape index (κ3) is 4.97. The Bertz CT molecular complexity index is 720. The van der Waals surface area contributed by atoms with Gasteiger partial charge < -0.3 is 5.32 Å². The number of benzene rings is 2. The lowest BCUT2D eigenvalue weighted by Crippen LogP contribution is -2.13. The van der Waals surface area contributed by atoms with Gasteiger partial charge in [-0.05, 0) is 37.3 Å². The lowest BCUT2D eigenvalue weighted by molar-refractivity contribution is -0.385. The Morgan fingerprint density at radius 2 is 1.96 bits per heavy atom. The average Bonchev–Trinajstić information content (AvgIpc) is 2.51. The second-order valence-corrected chi connectivity index (χ2v) is 6.41. The number of hydrogen-bond acceptors (Lipinski definition) is 4. The fourth-order valence-corrected chi connectivity index (χ4v) is 2.94.